The average Bonchev–Trinajstić information content (AvgIpc) is 2.42. The molecule has 0 bridgehead atoms. The topological polar surface area (TPSA) is 38.7 Å². The Morgan fingerprint density at radius 1 is 1.00 bits per heavy atom. The van der Waals surface area contributed by atoms with Crippen LogP contribution in [0.15, 0.2) is 48.9 Å². The fraction of sp³-hybridized carbons (Fsp3) is 0.0714. The number of aromatic nitrogens is 3. The zero-order valence-corrected chi connectivity index (χ0v) is 10.3. The van der Waals surface area contributed by atoms with E-state index in [0.717, 1.165) is 33.5 Å². The minimum atomic E-state index is 0.729. The van der Waals surface area contributed by atoms with Gasteiger partial charge in [0.25, 0.3) is 0 Å². The molecular weight excluding hydrogens is 246 g/mol. The number of hydrogen-bond acceptors (Lipinski definition) is 3. The molecule has 0 spiro atoms. The molecule has 0 saturated carbocycles. The lowest BCUT2D eigenvalue weighted by atomic mass is 10.1. The van der Waals surface area contributed by atoms with Crippen LogP contribution in [-0.2, 0) is 6.42 Å². The zero-order chi connectivity index (χ0) is 12.4. The van der Waals surface area contributed by atoms with Crippen LogP contribution in [0.2, 0.25) is 5.02 Å². The molecule has 18 heavy (non-hydrogen) atoms. The van der Waals surface area contributed by atoms with Crippen LogP contribution >= 0.6 is 11.6 Å². The SMILES string of the molecule is Clc1ccc(Cc2nncc3ccncc23)cc1. The minimum Gasteiger partial charge on any atom is -0.264 e. The maximum atomic E-state index is 5.87. The molecule has 2 aromatic heterocycles. The fourth-order valence-corrected chi connectivity index (χ4v) is 2.03. The summed E-state index contributed by atoms with van der Waals surface area (Å²) in [6, 6.07) is 9.70. The van der Waals surface area contributed by atoms with Gasteiger partial charge in [-0.1, -0.05) is 23.7 Å². The normalized spacial score (nSPS) is 10.7. The van der Waals surface area contributed by atoms with Crippen molar-refractivity contribution in [3.8, 4) is 0 Å². The van der Waals surface area contributed by atoms with E-state index in [1.807, 2.05) is 36.5 Å². The molecule has 0 atom stereocenters. The first-order chi connectivity index (χ1) is 8.83. The number of rotatable bonds is 2. The Bertz CT molecular complexity index is 675. The van der Waals surface area contributed by atoms with Gasteiger partial charge in [-0.15, -0.1) is 0 Å². The Labute approximate surface area is 109 Å². The molecule has 0 aliphatic carbocycles. The van der Waals surface area contributed by atoms with Gasteiger partial charge in [0.15, 0.2) is 0 Å². The van der Waals surface area contributed by atoms with Crippen molar-refractivity contribution in [2.24, 2.45) is 0 Å². The Balaban J connectivity index is 2.02. The van der Waals surface area contributed by atoms with Crippen LogP contribution in [0.1, 0.15) is 11.3 Å². The standard InChI is InChI=1S/C14H10ClN3/c15-12-3-1-10(2-4-12)7-14-13-9-16-6-5-11(13)8-17-18-14/h1-6,8-9H,7H2. The largest absolute Gasteiger partial charge is 0.264 e. The molecule has 3 rings (SSSR count). The molecule has 0 saturated heterocycles. The quantitative estimate of drug-likeness (QED) is 0.705. The second-order valence-corrected chi connectivity index (χ2v) is 4.49. The van der Waals surface area contributed by atoms with Crippen molar-refractivity contribution < 1.29 is 0 Å². The van der Waals surface area contributed by atoms with Gasteiger partial charge in [0.05, 0.1) is 11.9 Å². The third-order valence-corrected chi connectivity index (χ3v) is 3.08. The predicted molar refractivity (Wildman–Crippen MR) is 71.6 cm³/mol. The Hall–Kier alpha value is -2.00. The molecule has 0 unspecified atom stereocenters. The van der Waals surface area contributed by atoms with Crippen LogP contribution in [0, 0.1) is 0 Å². The van der Waals surface area contributed by atoms with E-state index in [1.54, 1.807) is 12.4 Å². The van der Waals surface area contributed by atoms with Gasteiger partial charge < -0.3 is 0 Å². The van der Waals surface area contributed by atoms with E-state index in [4.69, 9.17) is 11.6 Å². The molecular formula is C14H10ClN3. The second kappa shape index (κ2) is 4.70. The third-order valence-electron chi connectivity index (χ3n) is 2.83. The highest BCUT2D eigenvalue weighted by Crippen LogP contribution is 2.18. The van der Waals surface area contributed by atoms with Crippen LogP contribution < -0.4 is 0 Å². The summed E-state index contributed by atoms with van der Waals surface area (Å²) in [5, 5.41) is 11.1. The van der Waals surface area contributed by atoms with Gasteiger partial charge in [0.1, 0.15) is 0 Å². The van der Waals surface area contributed by atoms with E-state index in [1.165, 1.54) is 0 Å². The molecule has 0 amide bonds. The molecule has 0 radical (unpaired) electrons. The van der Waals surface area contributed by atoms with Crippen molar-refractivity contribution in [2.75, 3.05) is 0 Å². The van der Waals surface area contributed by atoms with Crippen LogP contribution in [0.5, 0.6) is 0 Å². The van der Waals surface area contributed by atoms with E-state index < -0.39 is 0 Å². The Kier molecular flexibility index (Phi) is 2.90. The van der Waals surface area contributed by atoms with E-state index >= 15 is 0 Å². The molecule has 4 heteroatoms. The van der Waals surface area contributed by atoms with Gasteiger partial charge in [-0.2, -0.15) is 10.2 Å². The van der Waals surface area contributed by atoms with Crippen LogP contribution in [0.4, 0.5) is 0 Å². The summed E-state index contributed by atoms with van der Waals surface area (Å²) in [5.74, 6) is 0. The van der Waals surface area contributed by atoms with E-state index in [9.17, 15) is 0 Å². The highest BCUT2D eigenvalue weighted by molar-refractivity contribution is 6.30. The van der Waals surface area contributed by atoms with Crippen molar-refractivity contribution >= 4 is 22.4 Å². The van der Waals surface area contributed by atoms with Crippen molar-refractivity contribution in [2.45, 2.75) is 6.42 Å². The summed E-state index contributed by atoms with van der Waals surface area (Å²) in [4.78, 5) is 4.14. The third kappa shape index (κ3) is 2.17. The van der Waals surface area contributed by atoms with Gasteiger partial charge in [-0.3, -0.25) is 4.98 Å². The Morgan fingerprint density at radius 2 is 1.83 bits per heavy atom. The smallest absolute Gasteiger partial charge is 0.0768 e. The van der Waals surface area contributed by atoms with E-state index in [0.29, 0.717) is 0 Å². The summed E-state index contributed by atoms with van der Waals surface area (Å²) in [7, 11) is 0. The molecule has 0 aliphatic rings. The van der Waals surface area contributed by atoms with E-state index in [2.05, 4.69) is 15.2 Å². The van der Waals surface area contributed by atoms with Crippen LogP contribution in [0.3, 0.4) is 0 Å². The molecule has 0 aliphatic heterocycles. The number of nitrogens with zero attached hydrogens (tertiary/aromatic N) is 3. The highest BCUT2D eigenvalue weighted by atomic mass is 35.5. The van der Waals surface area contributed by atoms with Crippen molar-refractivity contribution in [1.82, 2.24) is 15.2 Å². The maximum absolute atomic E-state index is 5.87. The molecule has 2 heterocycles. The maximum Gasteiger partial charge on any atom is 0.0768 e. The fourth-order valence-electron chi connectivity index (χ4n) is 1.90. The van der Waals surface area contributed by atoms with Crippen LogP contribution in [0.25, 0.3) is 10.8 Å². The van der Waals surface area contributed by atoms with Gasteiger partial charge in [-0.25, -0.2) is 0 Å². The zero-order valence-electron chi connectivity index (χ0n) is 9.55. The number of pyridine rings is 1. The highest BCUT2D eigenvalue weighted by Gasteiger charge is 2.04. The summed E-state index contributed by atoms with van der Waals surface area (Å²) < 4.78 is 0. The number of benzene rings is 1. The monoisotopic (exact) mass is 255 g/mol. The van der Waals surface area contributed by atoms with Crippen molar-refractivity contribution in [3.63, 3.8) is 0 Å². The predicted octanol–water partition coefficient (Wildman–Crippen LogP) is 3.27. The molecule has 3 aromatic rings. The summed E-state index contributed by atoms with van der Waals surface area (Å²) in [5.41, 5.74) is 2.09. The molecule has 3 nitrogen and oxygen atoms in total. The van der Waals surface area contributed by atoms with Crippen molar-refractivity contribution in [1.29, 1.82) is 0 Å². The lowest BCUT2D eigenvalue weighted by molar-refractivity contribution is 0.956. The summed E-state index contributed by atoms with van der Waals surface area (Å²) in [6.07, 6.45) is 6.07. The molecule has 0 N–H and O–H groups in total. The first-order valence-corrected chi connectivity index (χ1v) is 5.99. The summed E-state index contributed by atoms with van der Waals surface area (Å²) in [6.45, 7) is 0. The van der Waals surface area contributed by atoms with Crippen molar-refractivity contribution in [3.05, 3.63) is 65.2 Å². The van der Waals surface area contributed by atoms with Gasteiger partial charge in [0, 0.05) is 34.6 Å². The second-order valence-electron chi connectivity index (χ2n) is 4.06. The van der Waals surface area contributed by atoms with Gasteiger partial charge >= 0.3 is 0 Å². The van der Waals surface area contributed by atoms with Gasteiger partial charge in [-0.05, 0) is 23.8 Å². The first kappa shape index (κ1) is 11.1. The van der Waals surface area contributed by atoms with Crippen LogP contribution in [-0.4, -0.2) is 15.2 Å². The number of halogens is 1. The minimum absolute atomic E-state index is 0.729. The number of fused-ring (bicyclic) bond motifs is 1. The molecule has 0 fully saturated rings. The molecule has 1 aromatic carbocycles. The van der Waals surface area contributed by atoms with Gasteiger partial charge in [0.2, 0.25) is 0 Å². The lowest BCUT2D eigenvalue weighted by Crippen LogP contribution is -1.96. The summed E-state index contributed by atoms with van der Waals surface area (Å²) >= 11 is 5.87. The Morgan fingerprint density at radius 3 is 2.67 bits per heavy atom. The first-order valence-electron chi connectivity index (χ1n) is 5.62. The average molecular weight is 256 g/mol. The lowest BCUT2D eigenvalue weighted by Gasteiger charge is -2.04. The van der Waals surface area contributed by atoms with E-state index in [-0.39, 0.29) is 0 Å². The number of hydrogen-bond donors (Lipinski definition) is 0. The molecule has 88 valence electrons.